The molecule has 3 aromatic carbocycles. The summed E-state index contributed by atoms with van der Waals surface area (Å²) < 4.78 is 34.9. The second-order valence-electron chi connectivity index (χ2n) is 7.11. The van der Waals surface area contributed by atoms with Gasteiger partial charge in [-0.25, -0.2) is 17.8 Å². The van der Waals surface area contributed by atoms with Crippen LogP contribution in [0, 0.1) is 6.92 Å². The van der Waals surface area contributed by atoms with Crippen LogP contribution in [-0.4, -0.2) is 23.4 Å². The van der Waals surface area contributed by atoms with Crippen LogP contribution in [0.4, 0.5) is 0 Å². The summed E-state index contributed by atoms with van der Waals surface area (Å²) in [5, 5.41) is 8.17. The third kappa shape index (κ3) is 5.56. The Hall–Kier alpha value is -3.49. The topological polar surface area (TPSA) is 86.1 Å². The number of nitrogens with one attached hydrogen (secondary N) is 1. The molecule has 0 saturated heterocycles. The van der Waals surface area contributed by atoms with Gasteiger partial charge in [0.15, 0.2) is 0 Å². The van der Waals surface area contributed by atoms with Gasteiger partial charge >= 0.3 is 0 Å². The first-order chi connectivity index (χ1) is 15.0. The molecule has 0 aliphatic heterocycles. The van der Waals surface area contributed by atoms with E-state index in [1.54, 1.807) is 35.1 Å². The van der Waals surface area contributed by atoms with Crippen LogP contribution in [0.3, 0.4) is 0 Å². The zero-order chi connectivity index (χ0) is 21.7. The van der Waals surface area contributed by atoms with Crippen molar-refractivity contribution in [3.8, 4) is 11.5 Å². The SMILES string of the molecule is Cc1ccc(S(=O)(=O)NCc2cn(Cc3cccc(Oc4ccccc4)c3)nn2)cc1. The summed E-state index contributed by atoms with van der Waals surface area (Å²) in [5.74, 6) is 1.50. The minimum atomic E-state index is -3.60. The van der Waals surface area contributed by atoms with Crippen LogP contribution in [0.1, 0.15) is 16.8 Å². The van der Waals surface area contributed by atoms with Crippen LogP contribution in [-0.2, 0) is 23.1 Å². The zero-order valence-corrected chi connectivity index (χ0v) is 17.8. The monoisotopic (exact) mass is 434 g/mol. The van der Waals surface area contributed by atoms with Crippen molar-refractivity contribution in [2.24, 2.45) is 0 Å². The number of aryl methyl sites for hydroxylation is 1. The van der Waals surface area contributed by atoms with Crippen LogP contribution in [0.2, 0.25) is 0 Å². The van der Waals surface area contributed by atoms with Gasteiger partial charge in [-0.05, 0) is 48.9 Å². The first-order valence-corrected chi connectivity index (χ1v) is 11.2. The average molecular weight is 435 g/mol. The Bertz CT molecular complexity index is 1250. The van der Waals surface area contributed by atoms with Crippen molar-refractivity contribution < 1.29 is 13.2 Å². The molecule has 0 unspecified atom stereocenters. The van der Waals surface area contributed by atoms with E-state index in [9.17, 15) is 8.42 Å². The van der Waals surface area contributed by atoms with Crippen LogP contribution in [0.15, 0.2) is 90.0 Å². The molecule has 0 radical (unpaired) electrons. The molecule has 0 aliphatic carbocycles. The third-order valence-electron chi connectivity index (χ3n) is 4.58. The Labute approximate surface area is 181 Å². The highest BCUT2D eigenvalue weighted by Gasteiger charge is 2.14. The van der Waals surface area contributed by atoms with Crippen molar-refractivity contribution in [1.29, 1.82) is 0 Å². The summed E-state index contributed by atoms with van der Waals surface area (Å²) >= 11 is 0. The normalized spacial score (nSPS) is 11.4. The molecule has 158 valence electrons. The number of rotatable bonds is 8. The van der Waals surface area contributed by atoms with E-state index in [1.165, 1.54) is 0 Å². The zero-order valence-electron chi connectivity index (χ0n) is 17.0. The fourth-order valence-corrected chi connectivity index (χ4v) is 3.98. The largest absolute Gasteiger partial charge is 0.457 e. The van der Waals surface area contributed by atoms with E-state index in [-0.39, 0.29) is 11.4 Å². The maximum Gasteiger partial charge on any atom is 0.240 e. The van der Waals surface area contributed by atoms with Gasteiger partial charge in [0.2, 0.25) is 10.0 Å². The standard InChI is InChI=1S/C23H22N4O3S/c1-18-10-12-23(13-11-18)31(28,29)24-15-20-17-27(26-25-20)16-19-6-5-9-22(14-19)30-21-7-3-2-4-8-21/h2-14,17,24H,15-16H2,1H3. The summed E-state index contributed by atoms with van der Waals surface area (Å²) in [5.41, 5.74) is 2.53. The van der Waals surface area contributed by atoms with Crippen LogP contribution < -0.4 is 9.46 Å². The summed E-state index contributed by atoms with van der Waals surface area (Å²) in [6, 6.07) is 24.0. The Balaban J connectivity index is 1.38. The van der Waals surface area contributed by atoms with Crippen molar-refractivity contribution >= 4 is 10.0 Å². The lowest BCUT2D eigenvalue weighted by atomic mass is 10.2. The average Bonchev–Trinajstić information content (AvgIpc) is 3.21. The van der Waals surface area contributed by atoms with Gasteiger partial charge < -0.3 is 4.74 Å². The highest BCUT2D eigenvalue weighted by molar-refractivity contribution is 7.89. The first-order valence-electron chi connectivity index (χ1n) is 9.75. The van der Waals surface area contributed by atoms with Crippen LogP contribution in [0.25, 0.3) is 0 Å². The fraction of sp³-hybridized carbons (Fsp3) is 0.130. The number of aromatic nitrogens is 3. The van der Waals surface area contributed by atoms with Gasteiger partial charge in [-0.1, -0.05) is 53.2 Å². The molecule has 0 spiro atoms. The smallest absolute Gasteiger partial charge is 0.240 e. The van der Waals surface area contributed by atoms with E-state index < -0.39 is 10.0 Å². The summed E-state index contributed by atoms with van der Waals surface area (Å²) in [6.45, 7) is 2.46. The predicted molar refractivity (Wildman–Crippen MR) is 117 cm³/mol. The number of sulfonamides is 1. The van der Waals surface area contributed by atoms with Gasteiger partial charge in [0, 0.05) is 0 Å². The van der Waals surface area contributed by atoms with E-state index in [4.69, 9.17) is 4.74 Å². The summed E-state index contributed by atoms with van der Waals surface area (Å²) in [6.07, 6.45) is 1.72. The molecule has 4 rings (SSSR count). The molecule has 0 fully saturated rings. The number of para-hydroxylation sites is 1. The molecule has 31 heavy (non-hydrogen) atoms. The fourth-order valence-electron chi connectivity index (χ4n) is 2.99. The Kier molecular flexibility index (Phi) is 6.11. The third-order valence-corrected chi connectivity index (χ3v) is 6.00. The van der Waals surface area contributed by atoms with Gasteiger partial charge in [0.05, 0.1) is 29.9 Å². The van der Waals surface area contributed by atoms with Crippen LogP contribution >= 0.6 is 0 Å². The molecule has 4 aromatic rings. The number of hydrogen-bond acceptors (Lipinski definition) is 5. The molecule has 1 heterocycles. The lowest BCUT2D eigenvalue weighted by Gasteiger charge is -2.07. The van der Waals surface area contributed by atoms with E-state index in [2.05, 4.69) is 15.0 Å². The van der Waals surface area contributed by atoms with Gasteiger partial charge in [-0.2, -0.15) is 0 Å². The minimum Gasteiger partial charge on any atom is -0.457 e. The highest BCUT2D eigenvalue weighted by Crippen LogP contribution is 2.22. The Morgan fingerprint density at radius 2 is 1.68 bits per heavy atom. The van der Waals surface area contributed by atoms with Crippen LogP contribution in [0.5, 0.6) is 11.5 Å². The second kappa shape index (κ2) is 9.11. The summed E-state index contributed by atoms with van der Waals surface area (Å²) in [7, 11) is -3.60. The molecule has 8 heteroatoms. The molecule has 1 N–H and O–H groups in total. The molecule has 0 amide bonds. The maximum atomic E-state index is 12.4. The predicted octanol–water partition coefficient (Wildman–Crippen LogP) is 3.91. The van der Waals surface area contributed by atoms with E-state index in [0.29, 0.717) is 12.2 Å². The molecular weight excluding hydrogens is 412 g/mol. The van der Waals surface area contributed by atoms with E-state index >= 15 is 0 Å². The van der Waals surface area contributed by atoms with Gasteiger partial charge in [0.1, 0.15) is 11.5 Å². The van der Waals surface area contributed by atoms with Gasteiger partial charge in [-0.3, -0.25) is 0 Å². The highest BCUT2D eigenvalue weighted by atomic mass is 32.2. The van der Waals surface area contributed by atoms with Gasteiger partial charge in [0.25, 0.3) is 0 Å². The van der Waals surface area contributed by atoms with E-state index in [1.807, 2.05) is 61.5 Å². The molecule has 0 bridgehead atoms. The van der Waals surface area contributed by atoms with Crippen molar-refractivity contribution in [1.82, 2.24) is 19.7 Å². The summed E-state index contributed by atoms with van der Waals surface area (Å²) in [4.78, 5) is 0.223. The maximum absolute atomic E-state index is 12.4. The quantitative estimate of drug-likeness (QED) is 0.454. The molecule has 0 aliphatic rings. The van der Waals surface area contributed by atoms with Crippen molar-refractivity contribution in [2.45, 2.75) is 24.9 Å². The number of ether oxygens (including phenoxy) is 1. The Morgan fingerprint density at radius 3 is 2.45 bits per heavy atom. The number of benzene rings is 3. The molecule has 0 saturated carbocycles. The number of nitrogens with zero attached hydrogens (tertiary/aromatic N) is 3. The van der Waals surface area contributed by atoms with Crippen molar-refractivity contribution in [3.63, 3.8) is 0 Å². The Morgan fingerprint density at radius 1 is 0.935 bits per heavy atom. The number of hydrogen-bond donors (Lipinski definition) is 1. The second-order valence-corrected chi connectivity index (χ2v) is 8.87. The minimum absolute atomic E-state index is 0.0629. The lowest BCUT2D eigenvalue weighted by Crippen LogP contribution is -2.23. The molecule has 0 atom stereocenters. The van der Waals surface area contributed by atoms with Crippen molar-refractivity contribution in [3.05, 3.63) is 102 Å². The first kappa shape index (κ1) is 20.8. The lowest BCUT2D eigenvalue weighted by molar-refractivity contribution is 0.481. The van der Waals surface area contributed by atoms with Crippen molar-refractivity contribution in [2.75, 3.05) is 0 Å². The molecular formula is C23H22N4O3S. The van der Waals surface area contributed by atoms with E-state index in [0.717, 1.165) is 22.6 Å². The molecule has 1 aromatic heterocycles. The molecule has 7 nitrogen and oxygen atoms in total. The van der Waals surface area contributed by atoms with Gasteiger partial charge in [-0.15, -0.1) is 5.10 Å².